The molecular formula is C18H32IN5S. The van der Waals surface area contributed by atoms with Crippen molar-refractivity contribution in [2.45, 2.75) is 19.4 Å². The molecular weight excluding hydrogens is 445 g/mol. The van der Waals surface area contributed by atoms with Crippen LogP contribution < -0.4 is 5.32 Å². The molecule has 25 heavy (non-hydrogen) atoms. The van der Waals surface area contributed by atoms with Gasteiger partial charge in [-0.25, -0.2) is 0 Å². The van der Waals surface area contributed by atoms with E-state index < -0.39 is 0 Å². The molecule has 2 aliphatic heterocycles. The maximum Gasteiger partial charge on any atom is 0.193 e. The van der Waals surface area contributed by atoms with Crippen molar-refractivity contribution in [2.75, 3.05) is 59.9 Å². The number of guanidine groups is 1. The number of rotatable bonds is 4. The number of likely N-dealkylation sites (tertiary alicyclic amines) is 1. The van der Waals surface area contributed by atoms with Crippen LogP contribution in [0.3, 0.4) is 0 Å². The maximum absolute atomic E-state index is 4.52. The summed E-state index contributed by atoms with van der Waals surface area (Å²) >= 11 is 1.86. The fourth-order valence-corrected chi connectivity index (χ4v) is 4.49. The molecule has 1 atom stereocenters. The first kappa shape index (κ1) is 20.9. The van der Waals surface area contributed by atoms with Crippen LogP contribution in [0.1, 0.15) is 17.7 Å². The molecule has 2 aliphatic rings. The summed E-state index contributed by atoms with van der Waals surface area (Å²) in [5, 5.41) is 5.79. The van der Waals surface area contributed by atoms with E-state index in [1.165, 1.54) is 30.8 Å². The Labute approximate surface area is 173 Å². The van der Waals surface area contributed by atoms with Crippen LogP contribution in [0.15, 0.2) is 22.5 Å². The number of piperidine rings is 1. The third-order valence-corrected chi connectivity index (χ3v) is 5.98. The lowest BCUT2D eigenvalue weighted by molar-refractivity contribution is 0.171. The molecule has 0 amide bonds. The van der Waals surface area contributed by atoms with E-state index >= 15 is 0 Å². The summed E-state index contributed by atoms with van der Waals surface area (Å²) in [5.41, 5.74) is 0. The van der Waals surface area contributed by atoms with Crippen molar-refractivity contribution >= 4 is 41.3 Å². The van der Waals surface area contributed by atoms with Gasteiger partial charge in [-0.1, -0.05) is 6.07 Å². The fraction of sp³-hybridized carbons (Fsp3) is 0.722. The summed E-state index contributed by atoms with van der Waals surface area (Å²) in [7, 11) is 4.14. The molecule has 2 saturated heterocycles. The highest BCUT2D eigenvalue weighted by atomic mass is 127. The van der Waals surface area contributed by atoms with E-state index in [9.17, 15) is 0 Å². The molecule has 0 aromatic carbocycles. The number of halogens is 1. The molecule has 3 heterocycles. The Bertz CT molecular complexity index is 514. The lowest BCUT2D eigenvalue weighted by Crippen LogP contribution is -2.53. The zero-order chi connectivity index (χ0) is 16.8. The minimum absolute atomic E-state index is 0. The smallest absolute Gasteiger partial charge is 0.193 e. The normalized spacial score (nSPS) is 23.4. The molecule has 1 N–H and O–H groups in total. The summed E-state index contributed by atoms with van der Waals surface area (Å²) in [4.78, 5) is 13.4. The second kappa shape index (κ2) is 10.7. The molecule has 0 saturated carbocycles. The van der Waals surface area contributed by atoms with Gasteiger partial charge in [-0.15, -0.1) is 35.3 Å². The van der Waals surface area contributed by atoms with E-state index in [1.54, 1.807) is 0 Å². The first-order valence-corrected chi connectivity index (χ1v) is 10.0. The van der Waals surface area contributed by atoms with E-state index in [2.05, 4.69) is 49.6 Å². The number of hydrogen-bond donors (Lipinski definition) is 1. The van der Waals surface area contributed by atoms with Gasteiger partial charge in [-0.2, -0.15) is 0 Å². The second-order valence-electron chi connectivity index (χ2n) is 7.04. The second-order valence-corrected chi connectivity index (χ2v) is 8.07. The van der Waals surface area contributed by atoms with Crippen molar-refractivity contribution in [1.82, 2.24) is 20.0 Å². The topological polar surface area (TPSA) is 34.1 Å². The number of nitrogens with zero attached hydrogens (tertiary/aromatic N) is 4. The summed E-state index contributed by atoms with van der Waals surface area (Å²) in [5.74, 6) is 1.83. The van der Waals surface area contributed by atoms with Crippen LogP contribution >= 0.6 is 35.3 Å². The van der Waals surface area contributed by atoms with Gasteiger partial charge in [0, 0.05) is 57.7 Å². The van der Waals surface area contributed by atoms with Crippen LogP contribution in [0.4, 0.5) is 0 Å². The van der Waals surface area contributed by atoms with Crippen LogP contribution in [-0.2, 0) is 6.54 Å². The largest absolute Gasteiger partial charge is 0.356 e. The molecule has 0 bridgehead atoms. The van der Waals surface area contributed by atoms with Crippen molar-refractivity contribution in [3.05, 3.63) is 22.4 Å². The first-order valence-electron chi connectivity index (χ1n) is 9.13. The first-order chi connectivity index (χ1) is 11.7. The number of thiophene rings is 1. The predicted molar refractivity (Wildman–Crippen MR) is 118 cm³/mol. The number of aliphatic imine (C=N–C) groups is 1. The Kier molecular flexibility index (Phi) is 8.95. The van der Waals surface area contributed by atoms with Crippen molar-refractivity contribution in [3.8, 4) is 0 Å². The third-order valence-electron chi connectivity index (χ3n) is 5.11. The van der Waals surface area contributed by atoms with Gasteiger partial charge in [0.15, 0.2) is 5.96 Å². The zero-order valence-electron chi connectivity index (χ0n) is 15.5. The molecule has 7 heteroatoms. The van der Waals surface area contributed by atoms with Crippen LogP contribution in [0.25, 0.3) is 0 Å². The van der Waals surface area contributed by atoms with Gasteiger partial charge in [-0.05, 0) is 43.8 Å². The van der Waals surface area contributed by atoms with Crippen LogP contribution in [0.2, 0.25) is 0 Å². The molecule has 0 radical (unpaired) electrons. The Morgan fingerprint density at radius 2 is 2.08 bits per heavy atom. The van der Waals surface area contributed by atoms with Gasteiger partial charge >= 0.3 is 0 Å². The van der Waals surface area contributed by atoms with Gasteiger partial charge in [0.2, 0.25) is 0 Å². The van der Waals surface area contributed by atoms with Gasteiger partial charge in [0.05, 0.1) is 0 Å². The molecule has 2 fully saturated rings. The molecule has 1 aromatic rings. The van der Waals surface area contributed by atoms with E-state index in [4.69, 9.17) is 0 Å². The fourth-order valence-electron chi connectivity index (χ4n) is 3.75. The monoisotopic (exact) mass is 477 g/mol. The minimum atomic E-state index is 0. The Balaban J connectivity index is 0.00000225. The average molecular weight is 477 g/mol. The molecule has 142 valence electrons. The minimum Gasteiger partial charge on any atom is -0.356 e. The van der Waals surface area contributed by atoms with Crippen molar-refractivity contribution < 1.29 is 0 Å². The summed E-state index contributed by atoms with van der Waals surface area (Å²) in [6, 6.07) is 4.38. The predicted octanol–water partition coefficient (Wildman–Crippen LogP) is 2.40. The van der Waals surface area contributed by atoms with Crippen LogP contribution in [0, 0.1) is 5.92 Å². The van der Waals surface area contributed by atoms with Crippen LogP contribution in [0.5, 0.6) is 0 Å². The molecule has 0 aliphatic carbocycles. The standard InChI is InChI=1S/C18H31N5S.HI/c1-19-18(20-13-16-5-3-7-21(2)14-16)23-10-8-22(9-11-23)15-17-6-4-12-24-17;/h4,6,12,16H,3,5,7-11,13-15H2,1-2H3,(H,19,20);1H. The lowest BCUT2D eigenvalue weighted by Gasteiger charge is -2.37. The van der Waals surface area contributed by atoms with Gasteiger partial charge in [0.1, 0.15) is 0 Å². The Hall–Kier alpha value is -0.380. The number of piperazine rings is 1. The Morgan fingerprint density at radius 3 is 2.72 bits per heavy atom. The van der Waals surface area contributed by atoms with Gasteiger partial charge in [-0.3, -0.25) is 9.89 Å². The quantitative estimate of drug-likeness (QED) is 0.411. The van der Waals surface area contributed by atoms with E-state index in [1.807, 2.05) is 18.4 Å². The third kappa shape index (κ3) is 6.37. The average Bonchev–Trinajstić information content (AvgIpc) is 3.10. The van der Waals surface area contributed by atoms with Gasteiger partial charge in [0.25, 0.3) is 0 Å². The highest BCUT2D eigenvalue weighted by molar-refractivity contribution is 14.0. The zero-order valence-corrected chi connectivity index (χ0v) is 18.6. The molecule has 3 rings (SSSR count). The molecule has 1 unspecified atom stereocenters. The summed E-state index contributed by atoms with van der Waals surface area (Å²) in [6.45, 7) is 8.95. The van der Waals surface area contributed by atoms with Crippen molar-refractivity contribution in [1.29, 1.82) is 0 Å². The van der Waals surface area contributed by atoms with E-state index in [0.29, 0.717) is 0 Å². The van der Waals surface area contributed by atoms with Gasteiger partial charge < -0.3 is 15.1 Å². The molecule has 1 aromatic heterocycles. The lowest BCUT2D eigenvalue weighted by atomic mass is 9.98. The SMILES string of the molecule is CN=C(NCC1CCCN(C)C1)N1CCN(Cc2cccs2)CC1.I. The summed E-state index contributed by atoms with van der Waals surface area (Å²) in [6.07, 6.45) is 2.66. The molecule has 5 nitrogen and oxygen atoms in total. The number of nitrogens with one attached hydrogen (secondary N) is 1. The number of hydrogen-bond acceptors (Lipinski definition) is 4. The summed E-state index contributed by atoms with van der Waals surface area (Å²) < 4.78 is 0. The molecule has 0 spiro atoms. The maximum atomic E-state index is 4.52. The van der Waals surface area contributed by atoms with Crippen LogP contribution in [-0.4, -0.2) is 80.6 Å². The van der Waals surface area contributed by atoms with E-state index in [0.717, 1.165) is 51.1 Å². The van der Waals surface area contributed by atoms with Crippen molar-refractivity contribution in [2.24, 2.45) is 10.9 Å². The Morgan fingerprint density at radius 1 is 1.28 bits per heavy atom. The highest BCUT2D eigenvalue weighted by Gasteiger charge is 2.22. The van der Waals surface area contributed by atoms with E-state index in [-0.39, 0.29) is 24.0 Å². The van der Waals surface area contributed by atoms with Crippen molar-refractivity contribution in [3.63, 3.8) is 0 Å². The highest BCUT2D eigenvalue weighted by Crippen LogP contribution is 2.15.